The van der Waals surface area contributed by atoms with Crippen LogP contribution in [-0.2, 0) is 23.0 Å². The molecule has 6 nitrogen and oxygen atoms in total. The number of hydrogen-bond donors (Lipinski definition) is 2. The summed E-state index contributed by atoms with van der Waals surface area (Å²) in [4.78, 5) is 6.85. The van der Waals surface area contributed by atoms with Gasteiger partial charge in [0, 0.05) is 35.9 Å². The van der Waals surface area contributed by atoms with Crippen molar-refractivity contribution in [2.75, 3.05) is 26.2 Å². The molecule has 0 saturated carbocycles. The molecule has 2 rings (SSSR count). The van der Waals surface area contributed by atoms with Crippen LogP contribution in [0, 0.1) is 0 Å². The van der Waals surface area contributed by atoms with Crippen LogP contribution in [0.2, 0.25) is 0 Å². The summed E-state index contributed by atoms with van der Waals surface area (Å²) >= 11 is 3.04. The van der Waals surface area contributed by atoms with Crippen LogP contribution in [0.3, 0.4) is 0 Å². The van der Waals surface area contributed by atoms with Gasteiger partial charge in [-0.3, -0.25) is 0 Å². The van der Waals surface area contributed by atoms with Gasteiger partial charge in [0.1, 0.15) is 4.21 Å². The van der Waals surface area contributed by atoms with Gasteiger partial charge in [-0.15, -0.1) is 22.7 Å². The fraction of sp³-hybridized carbons (Fsp3) is 0.500. The third kappa shape index (κ3) is 6.31. The molecule has 0 aliphatic heterocycles. The molecule has 9 heteroatoms. The van der Waals surface area contributed by atoms with E-state index in [1.165, 1.54) is 20.5 Å². The van der Waals surface area contributed by atoms with Gasteiger partial charge in [0.15, 0.2) is 5.96 Å². The Labute approximate surface area is 170 Å². The molecule has 0 aliphatic rings. The summed E-state index contributed by atoms with van der Waals surface area (Å²) in [5, 5.41) is 8.60. The molecule has 2 aromatic rings. The number of nitrogens with zero attached hydrogens (tertiary/aromatic N) is 2. The summed E-state index contributed by atoms with van der Waals surface area (Å²) in [6, 6.07) is 7.71. The van der Waals surface area contributed by atoms with Crippen LogP contribution in [0.4, 0.5) is 0 Å². The number of sulfonamides is 1. The zero-order valence-electron chi connectivity index (χ0n) is 16.1. The molecule has 0 bridgehead atoms. The highest BCUT2D eigenvalue weighted by atomic mass is 32.2. The average Bonchev–Trinajstić information content (AvgIpc) is 3.32. The topological polar surface area (TPSA) is 73.8 Å². The average molecular weight is 429 g/mol. The van der Waals surface area contributed by atoms with E-state index in [1.54, 1.807) is 17.4 Å². The molecule has 0 spiro atoms. The van der Waals surface area contributed by atoms with E-state index in [0.29, 0.717) is 30.4 Å². The summed E-state index contributed by atoms with van der Waals surface area (Å²) in [6.45, 7) is 8.86. The van der Waals surface area contributed by atoms with Gasteiger partial charge in [0.2, 0.25) is 0 Å². The Morgan fingerprint density at radius 1 is 1.11 bits per heavy atom. The van der Waals surface area contributed by atoms with Gasteiger partial charge < -0.3 is 10.6 Å². The minimum atomic E-state index is -3.37. The lowest BCUT2D eigenvalue weighted by Gasteiger charge is -2.16. The zero-order valence-corrected chi connectivity index (χ0v) is 18.5. The van der Waals surface area contributed by atoms with E-state index in [4.69, 9.17) is 0 Å². The Kier molecular flexibility index (Phi) is 8.75. The molecule has 2 heterocycles. The molecule has 0 radical (unpaired) electrons. The maximum Gasteiger partial charge on any atom is 0.252 e. The number of hydrogen-bond acceptors (Lipinski definition) is 5. The largest absolute Gasteiger partial charge is 0.357 e. The van der Waals surface area contributed by atoms with E-state index < -0.39 is 10.0 Å². The molecule has 150 valence electrons. The second-order valence-electron chi connectivity index (χ2n) is 5.76. The fourth-order valence-electron chi connectivity index (χ4n) is 2.53. The highest BCUT2D eigenvalue weighted by molar-refractivity contribution is 7.91. The molecule has 27 heavy (non-hydrogen) atoms. The zero-order chi connectivity index (χ0) is 19.7. The number of guanidine groups is 1. The van der Waals surface area contributed by atoms with Crippen molar-refractivity contribution in [1.82, 2.24) is 14.9 Å². The fourth-order valence-corrected chi connectivity index (χ4v) is 6.12. The second-order valence-corrected chi connectivity index (χ2v) is 10.1. The normalized spacial score (nSPS) is 12.5. The molecule has 0 aliphatic carbocycles. The van der Waals surface area contributed by atoms with Gasteiger partial charge in [0.25, 0.3) is 10.0 Å². The van der Waals surface area contributed by atoms with Crippen LogP contribution in [0.5, 0.6) is 0 Å². The lowest BCUT2D eigenvalue weighted by atomic mass is 10.3. The van der Waals surface area contributed by atoms with Crippen LogP contribution in [0.15, 0.2) is 38.8 Å². The summed E-state index contributed by atoms with van der Waals surface area (Å²) in [6.07, 6.45) is 0.752. The van der Waals surface area contributed by atoms with Crippen LogP contribution in [0.25, 0.3) is 0 Å². The molecular formula is C18H28N4O2S3. The summed E-state index contributed by atoms with van der Waals surface area (Å²) in [5.74, 6) is 0.776. The quantitative estimate of drug-likeness (QED) is 0.450. The van der Waals surface area contributed by atoms with Crippen LogP contribution in [0.1, 0.15) is 30.5 Å². The Morgan fingerprint density at radius 2 is 1.89 bits per heavy atom. The predicted octanol–water partition coefficient (Wildman–Crippen LogP) is 3.14. The summed E-state index contributed by atoms with van der Waals surface area (Å²) < 4.78 is 27.0. The van der Waals surface area contributed by atoms with Crippen molar-refractivity contribution in [2.24, 2.45) is 4.99 Å². The van der Waals surface area contributed by atoms with E-state index >= 15 is 0 Å². The van der Waals surface area contributed by atoms with Crippen molar-refractivity contribution in [3.05, 3.63) is 39.4 Å². The number of rotatable bonds is 10. The summed E-state index contributed by atoms with van der Waals surface area (Å²) in [7, 11) is -3.37. The first-order valence-electron chi connectivity index (χ1n) is 9.14. The van der Waals surface area contributed by atoms with Crippen LogP contribution >= 0.6 is 22.7 Å². The van der Waals surface area contributed by atoms with Gasteiger partial charge in [-0.2, -0.15) is 4.31 Å². The minimum Gasteiger partial charge on any atom is -0.357 e. The van der Waals surface area contributed by atoms with Crippen molar-refractivity contribution in [3.63, 3.8) is 0 Å². The van der Waals surface area contributed by atoms with E-state index in [2.05, 4.69) is 21.7 Å². The molecule has 0 saturated heterocycles. The highest BCUT2D eigenvalue weighted by Crippen LogP contribution is 2.25. The first-order chi connectivity index (χ1) is 13.0. The van der Waals surface area contributed by atoms with E-state index in [9.17, 15) is 8.42 Å². The smallest absolute Gasteiger partial charge is 0.252 e. The molecule has 0 fully saturated rings. The predicted molar refractivity (Wildman–Crippen MR) is 115 cm³/mol. The molecule has 2 N–H and O–H groups in total. The number of thiophene rings is 2. The Morgan fingerprint density at radius 3 is 2.52 bits per heavy atom. The van der Waals surface area contributed by atoms with E-state index in [0.717, 1.165) is 23.8 Å². The minimum absolute atomic E-state index is 0.416. The van der Waals surface area contributed by atoms with Gasteiger partial charge >= 0.3 is 0 Å². The van der Waals surface area contributed by atoms with Crippen molar-refractivity contribution in [1.29, 1.82) is 0 Å². The lowest BCUT2D eigenvalue weighted by Crippen LogP contribution is -2.38. The SMILES string of the molecule is CCNC(=NCc1cccs1)NCCc1ccc(S(=O)(=O)N(CC)CC)s1. The molecule has 0 unspecified atom stereocenters. The van der Waals surface area contributed by atoms with Gasteiger partial charge in [-0.25, -0.2) is 13.4 Å². The maximum absolute atomic E-state index is 12.6. The van der Waals surface area contributed by atoms with Gasteiger partial charge in [-0.05, 0) is 36.9 Å². The molecule has 0 aromatic carbocycles. The highest BCUT2D eigenvalue weighted by Gasteiger charge is 2.23. The standard InChI is InChI=1S/C18H28N4O2S3/c1-4-19-18(21-14-16-8-7-13-25-16)20-12-11-15-9-10-17(26-15)27(23,24)22(5-2)6-3/h7-10,13H,4-6,11-12,14H2,1-3H3,(H2,19,20,21). The second kappa shape index (κ2) is 10.8. The van der Waals surface area contributed by atoms with Crippen molar-refractivity contribution < 1.29 is 8.42 Å². The van der Waals surface area contributed by atoms with Crippen molar-refractivity contribution in [2.45, 2.75) is 37.9 Å². The first kappa shape index (κ1) is 21.9. The number of nitrogens with one attached hydrogen (secondary N) is 2. The lowest BCUT2D eigenvalue weighted by molar-refractivity contribution is 0.447. The van der Waals surface area contributed by atoms with Gasteiger partial charge in [-0.1, -0.05) is 19.9 Å². The Hall–Kier alpha value is -1.42. The van der Waals surface area contributed by atoms with Crippen LogP contribution in [-0.4, -0.2) is 44.9 Å². The molecular weight excluding hydrogens is 400 g/mol. The van der Waals surface area contributed by atoms with Crippen molar-refractivity contribution in [3.8, 4) is 0 Å². The molecule has 2 aromatic heterocycles. The summed E-state index contributed by atoms with van der Waals surface area (Å²) in [5.41, 5.74) is 0. The molecule has 0 amide bonds. The Balaban J connectivity index is 1.92. The number of aliphatic imine (C=N–C) groups is 1. The van der Waals surface area contributed by atoms with Crippen molar-refractivity contribution >= 4 is 38.7 Å². The maximum atomic E-state index is 12.6. The third-order valence-electron chi connectivity index (χ3n) is 3.92. The monoisotopic (exact) mass is 428 g/mol. The van der Waals surface area contributed by atoms with E-state index in [-0.39, 0.29) is 0 Å². The first-order valence-corrected chi connectivity index (χ1v) is 12.3. The van der Waals surface area contributed by atoms with E-state index in [1.807, 2.05) is 38.3 Å². The van der Waals surface area contributed by atoms with Gasteiger partial charge in [0.05, 0.1) is 6.54 Å². The molecule has 0 atom stereocenters. The third-order valence-corrected chi connectivity index (χ3v) is 8.44. The Bertz CT molecular complexity index is 810. The van der Waals surface area contributed by atoms with Crippen LogP contribution < -0.4 is 10.6 Å².